The predicted molar refractivity (Wildman–Crippen MR) is 138 cm³/mol. The third-order valence-electron chi connectivity index (χ3n) is 6.18. The largest absolute Gasteiger partial charge is 0.352 e. The molecular weight excluding hydrogens is 537 g/mol. The molecule has 1 aliphatic rings. The Morgan fingerprint density at radius 1 is 1.06 bits per heavy atom. The monoisotopic (exact) mass is 567 g/mol. The van der Waals surface area contributed by atoms with Crippen LogP contribution in [0.15, 0.2) is 53.0 Å². The van der Waals surface area contributed by atoms with Crippen LogP contribution >= 0.6 is 15.9 Å². The predicted octanol–water partition coefficient (Wildman–Crippen LogP) is 4.22. The van der Waals surface area contributed by atoms with E-state index in [1.165, 1.54) is 17.0 Å². The van der Waals surface area contributed by atoms with Crippen LogP contribution in [0.4, 0.5) is 10.1 Å². The summed E-state index contributed by atoms with van der Waals surface area (Å²) < 4.78 is 40.3. The number of nitrogens with one attached hydrogen (secondary N) is 1. The molecule has 0 unspecified atom stereocenters. The van der Waals surface area contributed by atoms with Crippen molar-refractivity contribution in [3.8, 4) is 0 Å². The second-order valence-electron chi connectivity index (χ2n) is 8.91. The number of nitrogens with zero attached hydrogens (tertiary/aromatic N) is 2. The molecule has 1 saturated carbocycles. The Kier molecular flexibility index (Phi) is 9.29. The number of carbonyl (C=O) groups is 2. The van der Waals surface area contributed by atoms with E-state index in [2.05, 4.69) is 21.2 Å². The molecular formula is C25H31BrFN3O4S. The third kappa shape index (κ3) is 7.76. The van der Waals surface area contributed by atoms with Crippen molar-refractivity contribution in [1.82, 2.24) is 10.2 Å². The number of hydrogen-bond acceptors (Lipinski definition) is 4. The summed E-state index contributed by atoms with van der Waals surface area (Å²) in [7, 11) is -3.79. The SMILES string of the molecule is C[C@@H](C(=O)NC1CCCCC1)N(Cc1ccc(F)cc1)C(=O)CN(c1ccc(Br)cc1)S(C)(=O)=O. The summed E-state index contributed by atoms with van der Waals surface area (Å²) in [6.45, 7) is 1.20. The van der Waals surface area contributed by atoms with E-state index in [1.54, 1.807) is 43.3 Å². The fourth-order valence-corrected chi connectivity index (χ4v) is 5.27. The number of halogens is 2. The van der Waals surface area contributed by atoms with Crippen molar-refractivity contribution in [2.24, 2.45) is 0 Å². The van der Waals surface area contributed by atoms with Crippen molar-refractivity contribution in [2.75, 3.05) is 17.1 Å². The second-order valence-corrected chi connectivity index (χ2v) is 11.7. The van der Waals surface area contributed by atoms with E-state index in [1.807, 2.05) is 0 Å². The molecule has 3 rings (SSSR count). The van der Waals surface area contributed by atoms with Crippen LogP contribution in [0.25, 0.3) is 0 Å². The van der Waals surface area contributed by atoms with Gasteiger partial charge in [-0.1, -0.05) is 47.3 Å². The number of benzene rings is 2. The zero-order valence-electron chi connectivity index (χ0n) is 19.9. The first-order valence-electron chi connectivity index (χ1n) is 11.6. The van der Waals surface area contributed by atoms with Crippen LogP contribution in [0.3, 0.4) is 0 Å². The maximum absolute atomic E-state index is 13.5. The van der Waals surface area contributed by atoms with E-state index in [-0.39, 0.29) is 18.5 Å². The summed E-state index contributed by atoms with van der Waals surface area (Å²) in [5.74, 6) is -1.23. The Bertz CT molecular complexity index is 1120. The topological polar surface area (TPSA) is 86.8 Å². The average molecular weight is 569 g/mol. The minimum Gasteiger partial charge on any atom is -0.352 e. The number of amides is 2. The molecule has 7 nitrogen and oxygen atoms in total. The van der Waals surface area contributed by atoms with Crippen LogP contribution < -0.4 is 9.62 Å². The number of sulfonamides is 1. The first kappa shape index (κ1) is 27.1. The molecule has 1 atom stereocenters. The van der Waals surface area contributed by atoms with E-state index < -0.39 is 34.3 Å². The van der Waals surface area contributed by atoms with Gasteiger partial charge < -0.3 is 10.2 Å². The van der Waals surface area contributed by atoms with Crippen LogP contribution in [0, 0.1) is 5.82 Å². The Labute approximate surface area is 214 Å². The van der Waals surface area contributed by atoms with Crippen molar-refractivity contribution >= 4 is 43.5 Å². The second kappa shape index (κ2) is 12.0. The first-order valence-corrected chi connectivity index (χ1v) is 14.3. The maximum atomic E-state index is 13.5. The standard InChI is InChI=1S/C25H31BrFN3O4S/c1-18(25(32)28-22-6-4-3-5-7-22)29(16-19-8-12-21(27)13-9-19)24(31)17-30(35(2,33)34)23-14-10-20(26)11-15-23/h8-15,18,22H,3-7,16-17H2,1-2H3,(H,28,32)/t18-/m0/s1. The zero-order valence-corrected chi connectivity index (χ0v) is 22.3. The van der Waals surface area contributed by atoms with E-state index in [4.69, 9.17) is 0 Å². The normalized spacial score (nSPS) is 15.3. The Balaban J connectivity index is 1.85. The van der Waals surface area contributed by atoms with Gasteiger partial charge in [-0.25, -0.2) is 12.8 Å². The fourth-order valence-electron chi connectivity index (χ4n) is 4.16. The third-order valence-corrected chi connectivity index (χ3v) is 7.85. The van der Waals surface area contributed by atoms with Crippen LogP contribution in [-0.2, 0) is 26.2 Å². The fraction of sp³-hybridized carbons (Fsp3) is 0.440. The quantitative estimate of drug-likeness (QED) is 0.491. The van der Waals surface area contributed by atoms with Gasteiger partial charge in [-0.15, -0.1) is 0 Å². The van der Waals surface area contributed by atoms with Gasteiger partial charge in [0.2, 0.25) is 21.8 Å². The molecule has 0 aromatic heterocycles. The molecule has 0 radical (unpaired) electrons. The van der Waals surface area contributed by atoms with Gasteiger partial charge in [0.15, 0.2) is 0 Å². The number of rotatable bonds is 9. The molecule has 190 valence electrons. The first-order chi connectivity index (χ1) is 16.5. The Morgan fingerprint density at radius 3 is 2.23 bits per heavy atom. The van der Waals surface area contributed by atoms with Gasteiger partial charge in [0, 0.05) is 17.1 Å². The molecule has 0 saturated heterocycles. The molecule has 0 spiro atoms. The zero-order chi connectivity index (χ0) is 25.6. The molecule has 2 aromatic carbocycles. The van der Waals surface area contributed by atoms with Crippen molar-refractivity contribution in [2.45, 2.75) is 57.7 Å². The summed E-state index contributed by atoms with van der Waals surface area (Å²) in [4.78, 5) is 27.9. The number of hydrogen-bond donors (Lipinski definition) is 1. The van der Waals surface area contributed by atoms with Gasteiger partial charge in [-0.3, -0.25) is 13.9 Å². The van der Waals surface area contributed by atoms with E-state index in [9.17, 15) is 22.4 Å². The number of carbonyl (C=O) groups excluding carboxylic acids is 2. The van der Waals surface area contributed by atoms with Gasteiger partial charge >= 0.3 is 0 Å². The highest BCUT2D eigenvalue weighted by atomic mass is 79.9. The molecule has 2 aromatic rings. The molecule has 1 fully saturated rings. The van der Waals surface area contributed by atoms with E-state index in [0.29, 0.717) is 11.3 Å². The number of anilines is 1. The van der Waals surface area contributed by atoms with Crippen LogP contribution in [0.2, 0.25) is 0 Å². The molecule has 1 aliphatic carbocycles. The van der Waals surface area contributed by atoms with Crippen molar-refractivity contribution in [3.63, 3.8) is 0 Å². The summed E-state index contributed by atoms with van der Waals surface area (Å²) in [6, 6.07) is 11.5. The summed E-state index contributed by atoms with van der Waals surface area (Å²) in [6.07, 6.45) is 6.08. The molecule has 0 bridgehead atoms. The Hall–Kier alpha value is -2.46. The van der Waals surface area contributed by atoms with Gasteiger partial charge in [0.1, 0.15) is 18.4 Å². The minimum absolute atomic E-state index is 0.0380. The highest BCUT2D eigenvalue weighted by Gasteiger charge is 2.31. The van der Waals surface area contributed by atoms with Crippen molar-refractivity contribution in [1.29, 1.82) is 0 Å². The average Bonchev–Trinajstić information content (AvgIpc) is 2.82. The van der Waals surface area contributed by atoms with Gasteiger partial charge in [0.25, 0.3) is 0 Å². The minimum atomic E-state index is -3.79. The molecule has 1 N–H and O–H groups in total. The lowest BCUT2D eigenvalue weighted by Crippen LogP contribution is -2.52. The lowest BCUT2D eigenvalue weighted by atomic mass is 9.95. The molecule has 10 heteroatoms. The van der Waals surface area contributed by atoms with Crippen LogP contribution in [-0.4, -0.2) is 50.0 Å². The highest BCUT2D eigenvalue weighted by molar-refractivity contribution is 9.10. The van der Waals surface area contributed by atoms with Crippen molar-refractivity contribution in [3.05, 3.63) is 64.4 Å². The van der Waals surface area contributed by atoms with E-state index in [0.717, 1.165) is 47.1 Å². The summed E-state index contributed by atoms with van der Waals surface area (Å²) in [5.41, 5.74) is 0.969. The van der Waals surface area contributed by atoms with Crippen molar-refractivity contribution < 1.29 is 22.4 Å². The molecule has 35 heavy (non-hydrogen) atoms. The van der Waals surface area contributed by atoms with Gasteiger partial charge in [-0.05, 0) is 61.7 Å². The highest BCUT2D eigenvalue weighted by Crippen LogP contribution is 2.22. The maximum Gasteiger partial charge on any atom is 0.244 e. The molecule has 2 amide bonds. The summed E-state index contributed by atoms with van der Waals surface area (Å²) in [5, 5.41) is 3.04. The molecule has 0 heterocycles. The Morgan fingerprint density at radius 2 is 1.66 bits per heavy atom. The van der Waals surface area contributed by atoms with Gasteiger partial charge in [-0.2, -0.15) is 0 Å². The lowest BCUT2D eigenvalue weighted by Gasteiger charge is -2.33. The van der Waals surface area contributed by atoms with Crippen LogP contribution in [0.1, 0.15) is 44.6 Å². The lowest BCUT2D eigenvalue weighted by molar-refractivity contribution is -0.139. The van der Waals surface area contributed by atoms with E-state index >= 15 is 0 Å². The smallest absolute Gasteiger partial charge is 0.244 e. The van der Waals surface area contributed by atoms with Gasteiger partial charge in [0.05, 0.1) is 11.9 Å². The van der Waals surface area contributed by atoms with Crippen LogP contribution in [0.5, 0.6) is 0 Å². The summed E-state index contributed by atoms with van der Waals surface area (Å²) >= 11 is 3.32. The molecule has 0 aliphatic heterocycles.